The Bertz CT molecular complexity index is 525. The molecule has 2 heterocycles. The van der Waals surface area contributed by atoms with Gasteiger partial charge in [-0.2, -0.15) is 0 Å². The number of nitrogens with one attached hydrogen (secondary N) is 1. The van der Waals surface area contributed by atoms with Crippen LogP contribution in [0, 0.1) is 0 Å². The molecule has 1 aliphatic rings. The number of ether oxygens (including phenoxy) is 1. The van der Waals surface area contributed by atoms with E-state index in [4.69, 9.17) is 4.74 Å². The van der Waals surface area contributed by atoms with E-state index in [9.17, 15) is 9.59 Å². The molecule has 2 unspecified atom stereocenters. The summed E-state index contributed by atoms with van der Waals surface area (Å²) in [6.07, 6.45) is 2.49. The molecule has 1 aromatic rings. The highest BCUT2D eigenvalue weighted by Gasteiger charge is 2.31. The molecule has 6 heteroatoms. The first kappa shape index (κ1) is 16.7. The predicted octanol–water partition coefficient (Wildman–Crippen LogP) is 0.946. The van der Waals surface area contributed by atoms with Gasteiger partial charge in [0.2, 0.25) is 5.56 Å². The largest absolute Gasteiger partial charge is 0.385 e. The minimum absolute atomic E-state index is 0.0218. The lowest BCUT2D eigenvalue weighted by Crippen LogP contribution is -2.58. The summed E-state index contributed by atoms with van der Waals surface area (Å²) in [5.74, 6) is -0.0218. The number of aromatic nitrogens is 1. The standard InChI is InChI=1S/C16H25N3O3/c1-12-10-18(11-13(2)19(12)7-4-8-22-3)16(21)14-5-6-15(20)17-9-14/h5-6,9,12-13H,4,7-8,10-11H2,1-3H3,(H,17,20). The van der Waals surface area contributed by atoms with Crippen LogP contribution >= 0.6 is 0 Å². The molecule has 1 N–H and O–H groups in total. The first-order valence-electron chi connectivity index (χ1n) is 7.75. The molecule has 2 rings (SSSR count). The lowest BCUT2D eigenvalue weighted by Gasteiger charge is -2.44. The first-order valence-corrected chi connectivity index (χ1v) is 7.75. The van der Waals surface area contributed by atoms with Crippen molar-refractivity contribution in [2.24, 2.45) is 0 Å². The van der Waals surface area contributed by atoms with E-state index in [0.29, 0.717) is 30.7 Å². The Hall–Kier alpha value is -1.66. The van der Waals surface area contributed by atoms with Crippen LogP contribution in [0.5, 0.6) is 0 Å². The van der Waals surface area contributed by atoms with Crippen LogP contribution in [0.2, 0.25) is 0 Å². The van der Waals surface area contributed by atoms with E-state index in [1.54, 1.807) is 13.2 Å². The normalized spacial score (nSPS) is 22.8. The summed E-state index contributed by atoms with van der Waals surface area (Å²) in [5.41, 5.74) is 0.341. The minimum atomic E-state index is -0.193. The number of rotatable bonds is 5. The van der Waals surface area contributed by atoms with Gasteiger partial charge in [0.05, 0.1) is 5.56 Å². The zero-order valence-electron chi connectivity index (χ0n) is 13.5. The number of H-pyrrole nitrogens is 1. The molecule has 0 radical (unpaired) electrons. The zero-order chi connectivity index (χ0) is 16.1. The number of piperazine rings is 1. The van der Waals surface area contributed by atoms with E-state index < -0.39 is 0 Å². The third-order valence-electron chi connectivity index (χ3n) is 4.18. The smallest absolute Gasteiger partial charge is 0.255 e. The molecular weight excluding hydrogens is 282 g/mol. The van der Waals surface area contributed by atoms with Gasteiger partial charge < -0.3 is 14.6 Å². The van der Waals surface area contributed by atoms with Crippen LogP contribution in [0.15, 0.2) is 23.1 Å². The lowest BCUT2D eigenvalue weighted by molar-refractivity contribution is 0.0270. The molecule has 0 spiro atoms. The van der Waals surface area contributed by atoms with E-state index >= 15 is 0 Å². The fraction of sp³-hybridized carbons (Fsp3) is 0.625. The summed E-state index contributed by atoms with van der Waals surface area (Å²) >= 11 is 0. The van der Waals surface area contributed by atoms with Gasteiger partial charge in [-0.25, -0.2) is 0 Å². The van der Waals surface area contributed by atoms with Gasteiger partial charge in [0.1, 0.15) is 0 Å². The van der Waals surface area contributed by atoms with Crippen LogP contribution in [-0.2, 0) is 4.74 Å². The van der Waals surface area contributed by atoms with Gasteiger partial charge in [-0.05, 0) is 26.3 Å². The average Bonchev–Trinajstić information content (AvgIpc) is 2.50. The van der Waals surface area contributed by atoms with E-state index in [-0.39, 0.29) is 11.5 Å². The van der Waals surface area contributed by atoms with Crippen molar-refractivity contribution in [3.63, 3.8) is 0 Å². The molecule has 0 saturated carbocycles. The van der Waals surface area contributed by atoms with E-state index in [1.165, 1.54) is 12.3 Å². The number of carbonyl (C=O) groups is 1. The van der Waals surface area contributed by atoms with Crippen molar-refractivity contribution < 1.29 is 9.53 Å². The van der Waals surface area contributed by atoms with Crippen LogP contribution in [0.25, 0.3) is 0 Å². The number of aromatic amines is 1. The molecule has 1 saturated heterocycles. The minimum Gasteiger partial charge on any atom is -0.385 e. The number of amides is 1. The number of hydrogen-bond donors (Lipinski definition) is 1. The number of carbonyl (C=O) groups excluding carboxylic acids is 1. The Labute approximate surface area is 131 Å². The van der Waals surface area contributed by atoms with Crippen molar-refractivity contribution in [1.29, 1.82) is 0 Å². The van der Waals surface area contributed by atoms with Gasteiger partial charge in [-0.1, -0.05) is 0 Å². The Balaban J connectivity index is 1.99. The molecular formula is C16H25N3O3. The predicted molar refractivity (Wildman–Crippen MR) is 85.1 cm³/mol. The summed E-state index contributed by atoms with van der Waals surface area (Å²) < 4.78 is 5.11. The van der Waals surface area contributed by atoms with E-state index in [2.05, 4.69) is 23.7 Å². The second-order valence-corrected chi connectivity index (χ2v) is 5.93. The van der Waals surface area contributed by atoms with Crippen LogP contribution < -0.4 is 5.56 Å². The molecule has 1 fully saturated rings. The molecule has 0 bridgehead atoms. The van der Waals surface area contributed by atoms with E-state index in [1.807, 2.05) is 4.90 Å². The fourth-order valence-corrected chi connectivity index (χ4v) is 3.08. The Morgan fingerprint density at radius 2 is 2.00 bits per heavy atom. The van der Waals surface area contributed by atoms with Crippen molar-refractivity contribution in [3.8, 4) is 0 Å². The quantitative estimate of drug-likeness (QED) is 0.823. The van der Waals surface area contributed by atoms with Gasteiger partial charge in [0, 0.05) is 57.7 Å². The van der Waals surface area contributed by atoms with Crippen LogP contribution in [-0.4, -0.2) is 66.1 Å². The number of hydrogen-bond acceptors (Lipinski definition) is 4. The average molecular weight is 307 g/mol. The van der Waals surface area contributed by atoms with Gasteiger partial charge in [-0.3, -0.25) is 14.5 Å². The molecule has 1 aliphatic heterocycles. The summed E-state index contributed by atoms with van der Waals surface area (Å²) in [7, 11) is 1.72. The second-order valence-electron chi connectivity index (χ2n) is 5.93. The highest BCUT2D eigenvalue weighted by Crippen LogP contribution is 2.18. The van der Waals surface area contributed by atoms with Crippen molar-refractivity contribution in [2.45, 2.75) is 32.4 Å². The number of methoxy groups -OCH3 is 1. The Morgan fingerprint density at radius 1 is 1.32 bits per heavy atom. The van der Waals surface area contributed by atoms with Crippen molar-refractivity contribution in [1.82, 2.24) is 14.8 Å². The fourth-order valence-electron chi connectivity index (χ4n) is 3.08. The van der Waals surface area contributed by atoms with Crippen molar-refractivity contribution >= 4 is 5.91 Å². The van der Waals surface area contributed by atoms with Gasteiger partial charge in [0.25, 0.3) is 5.91 Å². The summed E-state index contributed by atoms with van der Waals surface area (Å²) in [4.78, 5) is 30.5. The Morgan fingerprint density at radius 3 is 2.55 bits per heavy atom. The maximum absolute atomic E-state index is 12.5. The highest BCUT2D eigenvalue weighted by molar-refractivity contribution is 5.94. The van der Waals surface area contributed by atoms with Crippen LogP contribution in [0.3, 0.4) is 0 Å². The molecule has 1 amide bonds. The summed E-state index contributed by atoms with van der Waals surface area (Å²) in [6, 6.07) is 3.60. The molecule has 122 valence electrons. The maximum Gasteiger partial charge on any atom is 0.255 e. The third-order valence-corrected chi connectivity index (χ3v) is 4.18. The molecule has 1 aromatic heterocycles. The van der Waals surface area contributed by atoms with Crippen molar-refractivity contribution in [3.05, 3.63) is 34.2 Å². The summed E-state index contributed by atoms with van der Waals surface area (Å²) in [5, 5.41) is 0. The zero-order valence-corrected chi connectivity index (χ0v) is 13.5. The Kier molecular flexibility index (Phi) is 5.74. The molecule has 2 atom stereocenters. The molecule has 22 heavy (non-hydrogen) atoms. The second kappa shape index (κ2) is 7.56. The highest BCUT2D eigenvalue weighted by atomic mass is 16.5. The molecule has 6 nitrogen and oxygen atoms in total. The SMILES string of the molecule is COCCCN1C(C)CN(C(=O)c2ccc(=O)[nH]c2)CC1C. The topological polar surface area (TPSA) is 65.6 Å². The van der Waals surface area contributed by atoms with Gasteiger partial charge in [-0.15, -0.1) is 0 Å². The van der Waals surface area contributed by atoms with Crippen LogP contribution in [0.4, 0.5) is 0 Å². The first-order chi connectivity index (χ1) is 10.5. The molecule has 0 aliphatic carbocycles. The summed E-state index contributed by atoms with van der Waals surface area (Å²) in [6.45, 7) is 7.45. The van der Waals surface area contributed by atoms with E-state index in [0.717, 1.165) is 19.6 Å². The van der Waals surface area contributed by atoms with Crippen molar-refractivity contribution in [2.75, 3.05) is 33.4 Å². The number of nitrogens with zero attached hydrogens (tertiary/aromatic N) is 2. The van der Waals surface area contributed by atoms with Crippen LogP contribution in [0.1, 0.15) is 30.6 Å². The lowest BCUT2D eigenvalue weighted by atomic mass is 10.1. The van der Waals surface area contributed by atoms with Gasteiger partial charge in [0.15, 0.2) is 0 Å². The molecule has 0 aromatic carbocycles. The monoisotopic (exact) mass is 307 g/mol. The van der Waals surface area contributed by atoms with Gasteiger partial charge >= 0.3 is 0 Å². The maximum atomic E-state index is 12.5. The number of pyridine rings is 1. The third kappa shape index (κ3) is 3.96.